The second-order valence-electron chi connectivity index (χ2n) is 6.60. The molecule has 1 fully saturated rings. The summed E-state index contributed by atoms with van der Waals surface area (Å²) in [5.74, 6) is 0.348. The van der Waals surface area contributed by atoms with Crippen LogP contribution in [0.5, 0.6) is 0 Å². The highest BCUT2D eigenvalue weighted by Gasteiger charge is 2.35. The van der Waals surface area contributed by atoms with Gasteiger partial charge in [-0.25, -0.2) is 19.6 Å². The lowest BCUT2D eigenvalue weighted by atomic mass is 10.2. The summed E-state index contributed by atoms with van der Waals surface area (Å²) in [6.45, 7) is 2.70. The van der Waals surface area contributed by atoms with E-state index in [1.807, 2.05) is 39.6 Å². The highest BCUT2D eigenvalue weighted by molar-refractivity contribution is 7.56. The molecule has 0 aliphatic carbocycles. The minimum Gasteiger partial charge on any atom is -0.382 e. The number of ether oxygens (including phenoxy) is 1. The fourth-order valence-electron chi connectivity index (χ4n) is 3.19. The summed E-state index contributed by atoms with van der Waals surface area (Å²) in [4.78, 5) is 12.4. The standard InChI is InChI=1S/C18H23N6O3P/c19-17-16-18(21-12-20-17)23(13-22-16)8-10-26-14-28(25)24(7-4-9-27-28)11-15-5-2-1-3-6-15/h1-3,5-6,12-13H,4,7-11,14H2,(H2,19,20,21). The van der Waals surface area contributed by atoms with Gasteiger partial charge in [-0.15, -0.1) is 0 Å². The van der Waals surface area contributed by atoms with Gasteiger partial charge in [0.2, 0.25) is 0 Å². The van der Waals surface area contributed by atoms with Crippen molar-refractivity contribution in [3.63, 3.8) is 0 Å². The summed E-state index contributed by atoms with van der Waals surface area (Å²) in [6.07, 6.45) is 3.98. The lowest BCUT2D eigenvalue weighted by molar-refractivity contribution is 0.127. The van der Waals surface area contributed by atoms with Gasteiger partial charge in [0.1, 0.15) is 18.2 Å². The third-order valence-electron chi connectivity index (χ3n) is 4.65. The largest absolute Gasteiger partial charge is 0.382 e. The van der Waals surface area contributed by atoms with E-state index in [9.17, 15) is 4.57 Å². The molecule has 1 aromatic carbocycles. The Balaban J connectivity index is 1.35. The van der Waals surface area contributed by atoms with Crippen LogP contribution >= 0.6 is 7.52 Å². The number of hydrogen-bond acceptors (Lipinski definition) is 7. The number of rotatable bonds is 7. The van der Waals surface area contributed by atoms with Crippen molar-refractivity contribution in [2.75, 3.05) is 31.8 Å². The Morgan fingerprint density at radius 3 is 2.93 bits per heavy atom. The average molecular weight is 402 g/mol. The van der Waals surface area contributed by atoms with Crippen molar-refractivity contribution in [3.05, 3.63) is 48.5 Å². The molecule has 1 unspecified atom stereocenters. The average Bonchev–Trinajstić information content (AvgIpc) is 3.13. The van der Waals surface area contributed by atoms with Gasteiger partial charge >= 0.3 is 0 Å². The number of benzene rings is 1. The van der Waals surface area contributed by atoms with E-state index in [0.717, 1.165) is 18.5 Å². The van der Waals surface area contributed by atoms with E-state index in [-0.39, 0.29) is 6.35 Å². The number of aromatic nitrogens is 4. The van der Waals surface area contributed by atoms with Crippen LogP contribution in [0.2, 0.25) is 0 Å². The third kappa shape index (κ3) is 4.07. The first-order chi connectivity index (χ1) is 13.7. The first kappa shape index (κ1) is 19.0. The van der Waals surface area contributed by atoms with E-state index >= 15 is 0 Å². The Hall–Kier alpha value is -2.32. The summed E-state index contributed by atoms with van der Waals surface area (Å²) < 4.78 is 28.5. The van der Waals surface area contributed by atoms with E-state index in [4.69, 9.17) is 15.0 Å². The molecule has 1 atom stereocenters. The zero-order valence-electron chi connectivity index (χ0n) is 15.5. The number of fused-ring (bicyclic) bond motifs is 1. The molecule has 28 heavy (non-hydrogen) atoms. The highest BCUT2D eigenvalue weighted by Crippen LogP contribution is 2.53. The van der Waals surface area contributed by atoms with Crippen molar-refractivity contribution >= 4 is 24.5 Å². The van der Waals surface area contributed by atoms with Gasteiger partial charge in [-0.2, -0.15) is 0 Å². The summed E-state index contributed by atoms with van der Waals surface area (Å²) >= 11 is 0. The zero-order valence-corrected chi connectivity index (χ0v) is 16.4. The first-order valence-corrected chi connectivity index (χ1v) is 10.9. The Kier molecular flexibility index (Phi) is 5.68. The fraction of sp³-hybridized carbons (Fsp3) is 0.389. The van der Waals surface area contributed by atoms with Crippen LogP contribution in [-0.4, -0.2) is 50.3 Å². The van der Waals surface area contributed by atoms with E-state index in [2.05, 4.69) is 15.0 Å². The molecule has 1 aliphatic rings. The van der Waals surface area contributed by atoms with E-state index in [1.165, 1.54) is 6.33 Å². The van der Waals surface area contributed by atoms with Gasteiger partial charge < -0.3 is 19.6 Å². The lowest BCUT2D eigenvalue weighted by Crippen LogP contribution is -2.30. The summed E-state index contributed by atoms with van der Waals surface area (Å²) in [7, 11) is -3.01. The van der Waals surface area contributed by atoms with E-state index in [1.54, 1.807) is 6.33 Å². The highest BCUT2D eigenvalue weighted by atomic mass is 31.2. The van der Waals surface area contributed by atoms with Gasteiger partial charge in [-0.1, -0.05) is 30.3 Å². The van der Waals surface area contributed by atoms with Crippen molar-refractivity contribution in [1.29, 1.82) is 0 Å². The molecule has 0 spiro atoms. The summed E-state index contributed by atoms with van der Waals surface area (Å²) in [5.41, 5.74) is 8.13. The van der Waals surface area contributed by atoms with Crippen molar-refractivity contribution in [1.82, 2.24) is 24.2 Å². The SMILES string of the molecule is Nc1ncnc2c1ncn2CCOCP1(=O)OCCCN1Cc1ccccc1. The van der Waals surface area contributed by atoms with Gasteiger partial charge in [0, 0.05) is 19.6 Å². The van der Waals surface area contributed by atoms with Crippen LogP contribution in [0.1, 0.15) is 12.0 Å². The zero-order chi connectivity index (χ0) is 19.4. The fourth-order valence-corrected chi connectivity index (χ4v) is 5.19. The molecule has 3 aromatic rings. The molecule has 1 saturated heterocycles. The topological polar surface area (TPSA) is 108 Å². The maximum Gasteiger partial charge on any atom is 0.297 e. The second kappa shape index (κ2) is 8.36. The van der Waals surface area contributed by atoms with Crippen LogP contribution in [-0.2, 0) is 26.9 Å². The predicted molar refractivity (Wildman–Crippen MR) is 106 cm³/mol. The second-order valence-corrected chi connectivity index (χ2v) is 8.96. The van der Waals surface area contributed by atoms with Crippen LogP contribution < -0.4 is 5.73 Å². The summed E-state index contributed by atoms with van der Waals surface area (Å²) in [6, 6.07) is 9.98. The molecule has 0 saturated carbocycles. The minimum absolute atomic E-state index is 0.0591. The lowest BCUT2D eigenvalue weighted by Gasteiger charge is -2.34. The number of anilines is 1. The maximum absolute atomic E-state index is 13.3. The third-order valence-corrected chi connectivity index (χ3v) is 6.95. The molecule has 1 aliphatic heterocycles. The number of hydrogen-bond donors (Lipinski definition) is 1. The smallest absolute Gasteiger partial charge is 0.297 e. The van der Waals surface area contributed by atoms with Gasteiger partial charge in [0.05, 0.1) is 19.5 Å². The van der Waals surface area contributed by atoms with E-state index < -0.39 is 7.52 Å². The van der Waals surface area contributed by atoms with E-state index in [0.29, 0.717) is 43.3 Å². The molecule has 3 heterocycles. The normalized spacial score (nSPS) is 20.6. The van der Waals surface area contributed by atoms with Crippen molar-refractivity contribution < 1.29 is 13.8 Å². The van der Waals surface area contributed by atoms with Crippen LogP contribution in [0.4, 0.5) is 5.82 Å². The number of nitrogens with two attached hydrogens (primary N) is 1. The van der Waals surface area contributed by atoms with Crippen LogP contribution in [0.3, 0.4) is 0 Å². The molecule has 0 bridgehead atoms. The molecule has 148 valence electrons. The molecular formula is C18H23N6O3P. The van der Waals surface area contributed by atoms with Crippen LogP contribution in [0.25, 0.3) is 11.2 Å². The first-order valence-electron chi connectivity index (χ1n) is 9.18. The molecule has 10 heteroatoms. The molecule has 0 radical (unpaired) electrons. The van der Waals surface area contributed by atoms with Gasteiger partial charge in [0.15, 0.2) is 11.5 Å². The molecule has 2 N–H and O–H groups in total. The van der Waals surface area contributed by atoms with Crippen molar-refractivity contribution in [2.45, 2.75) is 19.5 Å². The Morgan fingerprint density at radius 1 is 1.21 bits per heavy atom. The Labute approximate surface area is 163 Å². The Bertz CT molecular complexity index is 980. The minimum atomic E-state index is -3.01. The van der Waals surface area contributed by atoms with Crippen LogP contribution in [0, 0.1) is 0 Å². The van der Waals surface area contributed by atoms with Gasteiger partial charge in [-0.3, -0.25) is 4.57 Å². The van der Waals surface area contributed by atoms with Crippen LogP contribution in [0.15, 0.2) is 43.0 Å². The predicted octanol–water partition coefficient (Wildman–Crippen LogP) is 2.50. The molecule has 9 nitrogen and oxygen atoms in total. The quantitative estimate of drug-likeness (QED) is 0.474. The summed E-state index contributed by atoms with van der Waals surface area (Å²) in [5, 5.41) is 0. The number of nitrogen functional groups attached to an aromatic ring is 1. The molecule has 0 amide bonds. The van der Waals surface area contributed by atoms with Gasteiger partial charge in [0.25, 0.3) is 7.52 Å². The van der Waals surface area contributed by atoms with Crippen molar-refractivity contribution in [3.8, 4) is 0 Å². The molecule has 2 aromatic heterocycles. The maximum atomic E-state index is 13.3. The monoisotopic (exact) mass is 402 g/mol. The molecular weight excluding hydrogens is 379 g/mol. The molecule has 4 rings (SSSR count). The number of nitrogens with zero attached hydrogens (tertiary/aromatic N) is 5. The Morgan fingerprint density at radius 2 is 2.07 bits per heavy atom. The number of imidazole rings is 1. The van der Waals surface area contributed by atoms with Crippen molar-refractivity contribution in [2.24, 2.45) is 0 Å². The van der Waals surface area contributed by atoms with Gasteiger partial charge in [-0.05, 0) is 12.0 Å².